The van der Waals surface area contributed by atoms with E-state index in [9.17, 15) is 5.21 Å². The quantitative estimate of drug-likeness (QED) is 0.354. The lowest BCUT2D eigenvalue weighted by Crippen LogP contribution is -2.44. The summed E-state index contributed by atoms with van der Waals surface area (Å²) in [5.74, 6) is 0. The number of hydroxylamine groups is 3. The summed E-state index contributed by atoms with van der Waals surface area (Å²) in [4.78, 5) is 0. The monoisotopic (exact) mass is 144 g/mol. The lowest BCUT2D eigenvalue weighted by molar-refractivity contribution is -1.10. The van der Waals surface area contributed by atoms with E-state index in [1.54, 1.807) is 0 Å². The van der Waals surface area contributed by atoms with Crippen molar-refractivity contribution in [3.63, 3.8) is 0 Å². The summed E-state index contributed by atoms with van der Waals surface area (Å²) in [6.45, 7) is 9.95. The Balaban J connectivity index is 3.68. The molecule has 0 aromatic carbocycles. The maximum absolute atomic E-state index is 9.65. The minimum Gasteiger partial charge on any atom is -0.217 e. The molecular weight excluding hydrogens is 126 g/mol. The van der Waals surface area contributed by atoms with Crippen molar-refractivity contribution in [1.82, 2.24) is 0 Å². The molecule has 0 aliphatic carbocycles. The van der Waals surface area contributed by atoms with Crippen LogP contribution in [0.25, 0.3) is 0 Å². The minimum absolute atomic E-state index is 0.173. The second-order valence-electron chi connectivity index (χ2n) is 2.53. The fraction of sp³-hybridized carbons (Fsp3) is 0.750. The lowest BCUT2D eigenvalue weighted by atomic mass is 10.3. The molecule has 0 radical (unpaired) electrons. The molecule has 0 aromatic rings. The number of rotatable bonds is 5. The summed E-state index contributed by atoms with van der Waals surface area (Å²) in [5, 5.41) is 9.65. The van der Waals surface area contributed by atoms with Crippen molar-refractivity contribution in [1.29, 1.82) is 0 Å². The van der Waals surface area contributed by atoms with Gasteiger partial charge < -0.3 is 0 Å². The van der Waals surface area contributed by atoms with Crippen LogP contribution in [-0.4, -0.2) is 29.5 Å². The first-order valence-electron chi connectivity index (χ1n) is 3.88. The lowest BCUT2D eigenvalue weighted by Gasteiger charge is -2.26. The van der Waals surface area contributed by atoms with E-state index in [0.29, 0.717) is 0 Å². The van der Waals surface area contributed by atoms with Gasteiger partial charge in [0.1, 0.15) is 19.6 Å². The molecule has 0 heterocycles. The van der Waals surface area contributed by atoms with E-state index in [-0.39, 0.29) is 4.65 Å². The van der Waals surface area contributed by atoms with E-state index in [2.05, 4.69) is 6.58 Å². The first kappa shape index (κ1) is 9.66. The Kier molecular flexibility index (Phi) is 4.32. The van der Waals surface area contributed by atoms with Gasteiger partial charge in [-0.2, -0.15) is 4.65 Å². The predicted molar refractivity (Wildman–Crippen MR) is 42.8 cm³/mol. The molecule has 0 amide bonds. The third-order valence-corrected chi connectivity index (χ3v) is 1.93. The molecule has 0 unspecified atom stereocenters. The van der Waals surface area contributed by atoms with Gasteiger partial charge in [0.05, 0.1) is 0 Å². The molecule has 0 aliphatic heterocycles. The number of nitrogens with zero attached hydrogens (tertiary/aromatic N) is 1. The molecule has 2 heteroatoms. The maximum atomic E-state index is 9.65. The third kappa shape index (κ3) is 2.99. The summed E-state index contributed by atoms with van der Waals surface area (Å²) in [6, 6.07) is 0. The van der Waals surface area contributed by atoms with E-state index in [1.165, 1.54) is 0 Å². The van der Waals surface area contributed by atoms with Crippen molar-refractivity contribution in [3.05, 3.63) is 12.7 Å². The highest BCUT2D eigenvalue weighted by molar-refractivity contribution is 4.64. The number of hydrogen-bond acceptors (Lipinski definition) is 1. The van der Waals surface area contributed by atoms with Gasteiger partial charge in [0.25, 0.3) is 0 Å². The maximum Gasteiger partial charge on any atom is 0.112 e. The van der Waals surface area contributed by atoms with Gasteiger partial charge >= 0.3 is 0 Å². The molecule has 0 bridgehead atoms. The van der Waals surface area contributed by atoms with Crippen LogP contribution in [0.4, 0.5) is 0 Å². The predicted octanol–water partition coefficient (Wildman–Crippen LogP) is 1.81. The fourth-order valence-corrected chi connectivity index (χ4v) is 0.871. The molecule has 0 rings (SSSR count). The zero-order valence-electron chi connectivity index (χ0n) is 7.01. The highest BCUT2D eigenvalue weighted by Crippen LogP contribution is 2.01. The molecular formula is C8H18NO+. The molecule has 2 nitrogen and oxygen atoms in total. The summed E-state index contributed by atoms with van der Waals surface area (Å²) in [6.07, 6.45) is 2.73. The Morgan fingerprint density at radius 1 is 1.40 bits per heavy atom. The molecule has 0 atom stereocenters. The highest BCUT2D eigenvalue weighted by atomic mass is 16.5. The van der Waals surface area contributed by atoms with Gasteiger partial charge in [-0.15, -0.1) is 6.58 Å². The standard InChI is InChI=1S/C8H18NO/c1-4-7-8-9(10,5-2)6-3/h4,10H,1,5-8H2,2-3H3/q+1. The molecule has 10 heavy (non-hydrogen) atoms. The van der Waals surface area contributed by atoms with Crippen LogP contribution in [0.1, 0.15) is 20.3 Å². The Labute approximate surface area is 63.3 Å². The van der Waals surface area contributed by atoms with Crippen LogP contribution >= 0.6 is 0 Å². The topological polar surface area (TPSA) is 20.2 Å². The van der Waals surface area contributed by atoms with E-state index < -0.39 is 0 Å². The largest absolute Gasteiger partial charge is 0.217 e. The summed E-state index contributed by atoms with van der Waals surface area (Å²) < 4.78 is 0.173. The van der Waals surface area contributed by atoms with Crippen LogP contribution in [-0.2, 0) is 0 Å². The van der Waals surface area contributed by atoms with E-state index >= 15 is 0 Å². The van der Waals surface area contributed by atoms with Crippen LogP contribution in [0.2, 0.25) is 0 Å². The average Bonchev–Trinajstić information content (AvgIpc) is 2.00. The molecule has 60 valence electrons. The van der Waals surface area contributed by atoms with Gasteiger partial charge in [-0.05, 0) is 13.8 Å². The van der Waals surface area contributed by atoms with Crippen molar-refractivity contribution >= 4 is 0 Å². The Morgan fingerprint density at radius 2 is 1.90 bits per heavy atom. The Bertz CT molecular complexity index is 97.4. The summed E-state index contributed by atoms with van der Waals surface area (Å²) in [7, 11) is 0. The molecule has 0 spiro atoms. The smallest absolute Gasteiger partial charge is 0.112 e. The van der Waals surface area contributed by atoms with Crippen molar-refractivity contribution in [2.24, 2.45) is 0 Å². The van der Waals surface area contributed by atoms with Crippen molar-refractivity contribution in [2.45, 2.75) is 20.3 Å². The van der Waals surface area contributed by atoms with Crippen molar-refractivity contribution in [2.75, 3.05) is 19.6 Å². The second kappa shape index (κ2) is 4.47. The van der Waals surface area contributed by atoms with Gasteiger partial charge in [0, 0.05) is 6.42 Å². The van der Waals surface area contributed by atoms with Crippen LogP contribution < -0.4 is 0 Å². The van der Waals surface area contributed by atoms with E-state index in [4.69, 9.17) is 0 Å². The number of quaternary nitrogens is 1. The summed E-state index contributed by atoms with van der Waals surface area (Å²) >= 11 is 0. The van der Waals surface area contributed by atoms with Gasteiger partial charge in [0.15, 0.2) is 0 Å². The SMILES string of the molecule is C=CCC[N+](O)(CC)CC. The zero-order valence-corrected chi connectivity index (χ0v) is 7.01. The molecule has 0 aliphatic rings. The second-order valence-corrected chi connectivity index (χ2v) is 2.53. The molecule has 0 aromatic heterocycles. The van der Waals surface area contributed by atoms with Crippen LogP contribution in [0, 0.1) is 0 Å². The molecule has 0 fully saturated rings. The van der Waals surface area contributed by atoms with Gasteiger partial charge in [-0.25, -0.2) is 5.21 Å². The van der Waals surface area contributed by atoms with Gasteiger partial charge in [0.2, 0.25) is 0 Å². The van der Waals surface area contributed by atoms with E-state index in [0.717, 1.165) is 26.1 Å². The Hall–Kier alpha value is -0.340. The van der Waals surface area contributed by atoms with Crippen LogP contribution in [0.5, 0.6) is 0 Å². The third-order valence-electron chi connectivity index (χ3n) is 1.93. The Morgan fingerprint density at radius 3 is 2.20 bits per heavy atom. The first-order valence-corrected chi connectivity index (χ1v) is 3.88. The normalized spacial score (nSPS) is 11.5. The van der Waals surface area contributed by atoms with Crippen molar-refractivity contribution < 1.29 is 9.85 Å². The zero-order chi connectivity index (χ0) is 8.04. The van der Waals surface area contributed by atoms with Crippen LogP contribution in [0.15, 0.2) is 12.7 Å². The number of hydrogen-bond donors (Lipinski definition) is 1. The summed E-state index contributed by atoms with van der Waals surface area (Å²) in [5.41, 5.74) is 0. The van der Waals surface area contributed by atoms with E-state index in [1.807, 2.05) is 19.9 Å². The first-order chi connectivity index (χ1) is 4.68. The molecule has 0 saturated carbocycles. The van der Waals surface area contributed by atoms with Crippen LogP contribution in [0.3, 0.4) is 0 Å². The fourth-order valence-electron chi connectivity index (χ4n) is 0.871. The highest BCUT2D eigenvalue weighted by Gasteiger charge is 2.17. The van der Waals surface area contributed by atoms with Gasteiger partial charge in [-0.1, -0.05) is 6.08 Å². The molecule has 1 N–H and O–H groups in total. The van der Waals surface area contributed by atoms with Crippen molar-refractivity contribution in [3.8, 4) is 0 Å². The minimum atomic E-state index is 0.173. The molecule has 0 saturated heterocycles. The average molecular weight is 144 g/mol. The van der Waals surface area contributed by atoms with Gasteiger partial charge in [-0.3, -0.25) is 0 Å².